The van der Waals surface area contributed by atoms with Crippen LogP contribution in [0, 0.1) is 16.7 Å². The summed E-state index contributed by atoms with van der Waals surface area (Å²) in [6.07, 6.45) is 1.04. The van der Waals surface area contributed by atoms with Crippen molar-refractivity contribution in [3.63, 3.8) is 0 Å². The third kappa shape index (κ3) is 6.04. The topological polar surface area (TPSA) is 99.1 Å². The highest BCUT2D eigenvalue weighted by Crippen LogP contribution is 2.11. The molecule has 2 N–H and O–H groups in total. The van der Waals surface area contributed by atoms with Gasteiger partial charge >= 0.3 is 0 Å². The summed E-state index contributed by atoms with van der Waals surface area (Å²) in [5, 5.41) is 11.1. The SMILES string of the molecule is CC(C)(C#N)C(=O)NCCNS(C)(=O)=O. The van der Waals surface area contributed by atoms with E-state index in [9.17, 15) is 13.2 Å². The van der Waals surface area contributed by atoms with Gasteiger partial charge in [0.2, 0.25) is 15.9 Å². The minimum absolute atomic E-state index is 0.117. The molecular formula is C8H15N3O3S. The minimum Gasteiger partial charge on any atom is -0.353 e. The van der Waals surface area contributed by atoms with E-state index in [2.05, 4.69) is 10.0 Å². The van der Waals surface area contributed by atoms with Gasteiger partial charge in [0, 0.05) is 13.1 Å². The molecule has 6 nitrogen and oxygen atoms in total. The number of nitriles is 1. The maximum atomic E-state index is 11.3. The number of amides is 1. The number of sulfonamides is 1. The molecule has 0 unspecified atom stereocenters. The number of nitrogens with one attached hydrogen (secondary N) is 2. The molecular weight excluding hydrogens is 218 g/mol. The molecule has 0 fully saturated rings. The van der Waals surface area contributed by atoms with Gasteiger partial charge in [-0.3, -0.25) is 4.79 Å². The van der Waals surface area contributed by atoms with Crippen molar-refractivity contribution in [1.29, 1.82) is 5.26 Å². The van der Waals surface area contributed by atoms with Crippen molar-refractivity contribution in [2.45, 2.75) is 13.8 Å². The lowest BCUT2D eigenvalue weighted by molar-refractivity contribution is -0.126. The molecule has 0 aromatic rings. The fraction of sp³-hybridized carbons (Fsp3) is 0.750. The van der Waals surface area contributed by atoms with Gasteiger partial charge in [-0.1, -0.05) is 0 Å². The van der Waals surface area contributed by atoms with Crippen molar-refractivity contribution in [3.05, 3.63) is 0 Å². The molecule has 0 aliphatic rings. The lowest BCUT2D eigenvalue weighted by Gasteiger charge is -2.14. The van der Waals surface area contributed by atoms with Crippen molar-refractivity contribution in [2.75, 3.05) is 19.3 Å². The summed E-state index contributed by atoms with van der Waals surface area (Å²) in [4.78, 5) is 11.3. The molecule has 0 rings (SSSR count). The molecule has 15 heavy (non-hydrogen) atoms. The van der Waals surface area contributed by atoms with Gasteiger partial charge in [0.25, 0.3) is 0 Å². The Morgan fingerprint density at radius 2 is 1.93 bits per heavy atom. The summed E-state index contributed by atoms with van der Waals surface area (Å²) < 4.78 is 23.5. The van der Waals surface area contributed by atoms with Crippen LogP contribution < -0.4 is 10.0 Å². The Hall–Kier alpha value is -1.13. The molecule has 0 aliphatic heterocycles. The van der Waals surface area contributed by atoms with E-state index in [-0.39, 0.29) is 13.1 Å². The molecule has 0 spiro atoms. The van der Waals surface area contributed by atoms with Crippen LogP contribution >= 0.6 is 0 Å². The Balaban J connectivity index is 3.91. The molecule has 86 valence electrons. The molecule has 0 radical (unpaired) electrons. The second-order valence-corrected chi connectivity index (χ2v) is 5.49. The van der Waals surface area contributed by atoms with Crippen LogP contribution in [0.15, 0.2) is 0 Å². The Labute approximate surface area is 89.7 Å². The predicted octanol–water partition coefficient (Wildman–Crippen LogP) is -0.798. The highest BCUT2D eigenvalue weighted by atomic mass is 32.2. The molecule has 0 aliphatic carbocycles. The number of hydrogen-bond acceptors (Lipinski definition) is 4. The second-order valence-electron chi connectivity index (χ2n) is 3.66. The predicted molar refractivity (Wildman–Crippen MR) is 55.3 cm³/mol. The fourth-order valence-corrected chi connectivity index (χ4v) is 1.16. The average Bonchev–Trinajstić information content (AvgIpc) is 2.10. The standard InChI is InChI=1S/C8H15N3O3S/c1-8(2,6-9)7(12)10-4-5-11-15(3,13)14/h11H,4-5H2,1-3H3,(H,10,12). The molecule has 1 amide bonds. The summed E-state index contributed by atoms with van der Waals surface area (Å²) in [6.45, 7) is 3.27. The monoisotopic (exact) mass is 233 g/mol. The first kappa shape index (κ1) is 13.9. The number of nitrogens with zero attached hydrogens (tertiary/aromatic N) is 1. The van der Waals surface area contributed by atoms with Crippen molar-refractivity contribution >= 4 is 15.9 Å². The largest absolute Gasteiger partial charge is 0.353 e. The zero-order valence-electron chi connectivity index (χ0n) is 8.99. The van der Waals surface area contributed by atoms with Gasteiger partial charge in [0.05, 0.1) is 12.3 Å². The Bertz CT molecular complexity index is 367. The van der Waals surface area contributed by atoms with E-state index < -0.39 is 21.3 Å². The summed E-state index contributed by atoms with van der Waals surface area (Å²) in [5.74, 6) is -0.416. The Morgan fingerprint density at radius 3 is 2.33 bits per heavy atom. The van der Waals surface area contributed by atoms with Crippen molar-refractivity contribution in [3.8, 4) is 6.07 Å². The van der Waals surface area contributed by atoms with E-state index in [0.717, 1.165) is 6.26 Å². The molecule has 0 bridgehead atoms. The van der Waals surface area contributed by atoms with Gasteiger partial charge in [0.1, 0.15) is 5.41 Å². The third-order valence-electron chi connectivity index (χ3n) is 1.62. The average molecular weight is 233 g/mol. The normalized spacial score (nSPS) is 11.9. The molecule has 0 saturated heterocycles. The van der Waals surface area contributed by atoms with E-state index in [1.165, 1.54) is 13.8 Å². The number of rotatable bonds is 5. The van der Waals surface area contributed by atoms with Crippen LogP contribution in [0.4, 0.5) is 0 Å². The molecule has 0 heterocycles. The fourth-order valence-electron chi connectivity index (χ4n) is 0.684. The smallest absolute Gasteiger partial charge is 0.239 e. The summed E-state index contributed by atoms with van der Waals surface area (Å²) in [5.41, 5.74) is -1.09. The van der Waals surface area contributed by atoms with Crippen LogP contribution in [0.3, 0.4) is 0 Å². The van der Waals surface area contributed by atoms with Crippen LogP contribution in [0.1, 0.15) is 13.8 Å². The van der Waals surface area contributed by atoms with E-state index in [0.29, 0.717) is 0 Å². The van der Waals surface area contributed by atoms with E-state index in [4.69, 9.17) is 5.26 Å². The van der Waals surface area contributed by atoms with Crippen LogP contribution in [0.5, 0.6) is 0 Å². The zero-order valence-corrected chi connectivity index (χ0v) is 9.81. The second kappa shape index (κ2) is 5.09. The number of carbonyl (C=O) groups is 1. The first-order chi connectivity index (χ1) is 6.69. The van der Waals surface area contributed by atoms with Gasteiger partial charge < -0.3 is 5.32 Å². The van der Waals surface area contributed by atoms with Gasteiger partial charge in [-0.05, 0) is 13.8 Å². The third-order valence-corrected chi connectivity index (χ3v) is 2.35. The molecule has 0 aromatic carbocycles. The molecule has 0 aromatic heterocycles. The number of carbonyl (C=O) groups excluding carboxylic acids is 1. The highest BCUT2D eigenvalue weighted by molar-refractivity contribution is 7.88. The quantitative estimate of drug-likeness (QED) is 0.607. The molecule has 7 heteroatoms. The van der Waals surface area contributed by atoms with E-state index >= 15 is 0 Å². The summed E-state index contributed by atoms with van der Waals surface area (Å²) >= 11 is 0. The molecule has 0 atom stereocenters. The van der Waals surface area contributed by atoms with Crippen LogP contribution in [0.2, 0.25) is 0 Å². The van der Waals surface area contributed by atoms with Crippen LogP contribution in [-0.2, 0) is 14.8 Å². The van der Waals surface area contributed by atoms with Crippen LogP contribution in [-0.4, -0.2) is 33.7 Å². The van der Waals surface area contributed by atoms with Gasteiger partial charge in [-0.25, -0.2) is 13.1 Å². The zero-order chi connectivity index (χ0) is 12.1. The van der Waals surface area contributed by atoms with Crippen molar-refractivity contribution in [1.82, 2.24) is 10.0 Å². The first-order valence-corrected chi connectivity index (χ1v) is 6.22. The van der Waals surface area contributed by atoms with Gasteiger partial charge in [-0.2, -0.15) is 5.26 Å². The first-order valence-electron chi connectivity index (χ1n) is 4.33. The lowest BCUT2D eigenvalue weighted by Crippen LogP contribution is -2.40. The Morgan fingerprint density at radius 1 is 1.40 bits per heavy atom. The van der Waals surface area contributed by atoms with Gasteiger partial charge in [0.15, 0.2) is 0 Å². The van der Waals surface area contributed by atoms with E-state index in [1.807, 2.05) is 6.07 Å². The van der Waals surface area contributed by atoms with E-state index in [1.54, 1.807) is 0 Å². The maximum Gasteiger partial charge on any atom is 0.239 e. The lowest BCUT2D eigenvalue weighted by atomic mass is 9.95. The minimum atomic E-state index is -3.23. The highest BCUT2D eigenvalue weighted by Gasteiger charge is 2.26. The van der Waals surface area contributed by atoms with Gasteiger partial charge in [-0.15, -0.1) is 0 Å². The molecule has 0 saturated carbocycles. The summed E-state index contributed by atoms with van der Waals surface area (Å²) in [6, 6.07) is 1.85. The van der Waals surface area contributed by atoms with Crippen molar-refractivity contribution < 1.29 is 13.2 Å². The maximum absolute atomic E-state index is 11.3. The van der Waals surface area contributed by atoms with Crippen molar-refractivity contribution in [2.24, 2.45) is 5.41 Å². The number of hydrogen-bond donors (Lipinski definition) is 2. The summed E-state index contributed by atoms with van der Waals surface area (Å²) in [7, 11) is -3.23. The Kier molecular flexibility index (Phi) is 4.71. The van der Waals surface area contributed by atoms with Crippen LogP contribution in [0.25, 0.3) is 0 Å².